The van der Waals surface area contributed by atoms with Crippen molar-refractivity contribution in [3.63, 3.8) is 0 Å². The van der Waals surface area contributed by atoms with Crippen LogP contribution >= 0.6 is 11.6 Å². The summed E-state index contributed by atoms with van der Waals surface area (Å²) in [6.45, 7) is 3.95. The highest BCUT2D eigenvalue weighted by molar-refractivity contribution is 6.31. The zero-order valence-corrected chi connectivity index (χ0v) is 14.8. The number of carbonyl (C=O) groups excluding carboxylic acids is 2. The Morgan fingerprint density at radius 1 is 1.20 bits per heavy atom. The normalized spacial score (nSPS) is 10.6. The molecule has 1 aromatic carbocycles. The number of hydrogen-bond acceptors (Lipinski definition) is 3. The van der Waals surface area contributed by atoms with Gasteiger partial charge in [0.1, 0.15) is 0 Å². The first-order valence-corrected chi connectivity index (χ1v) is 8.30. The molecule has 0 saturated carbocycles. The van der Waals surface area contributed by atoms with Crippen LogP contribution in [0.2, 0.25) is 5.02 Å². The van der Waals surface area contributed by atoms with Crippen LogP contribution in [0.5, 0.6) is 0 Å². The summed E-state index contributed by atoms with van der Waals surface area (Å²) in [4.78, 5) is 36.1. The van der Waals surface area contributed by atoms with Gasteiger partial charge in [-0.05, 0) is 38.1 Å². The summed E-state index contributed by atoms with van der Waals surface area (Å²) >= 11 is 5.98. The van der Waals surface area contributed by atoms with Gasteiger partial charge in [-0.25, -0.2) is 0 Å². The van der Waals surface area contributed by atoms with Gasteiger partial charge in [0.15, 0.2) is 0 Å². The average Bonchev–Trinajstić information content (AvgIpc) is 2.53. The summed E-state index contributed by atoms with van der Waals surface area (Å²) in [5.74, 6) is -0.599. The first-order valence-electron chi connectivity index (χ1n) is 7.92. The van der Waals surface area contributed by atoms with Crippen LogP contribution in [0.25, 0.3) is 0 Å². The molecular formula is C18H20ClN3O3. The summed E-state index contributed by atoms with van der Waals surface area (Å²) in [6.07, 6.45) is 1.72. The van der Waals surface area contributed by atoms with Crippen LogP contribution in [0.3, 0.4) is 0 Å². The van der Waals surface area contributed by atoms with Crippen LogP contribution in [-0.2, 0) is 11.3 Å². The molecule has 25 heavy (non-hydrogen) atoms. The van der Waals surface area contributed by atoms with Gasteiger partial charge in [-0.2, -0.15) is 0 Å². The lowest BCUT2D eigenvalue weighted by Gasteiger charge is -2.14. The first kappa shape index (κ1) is 18.7. The molecule has 2 N–H and O–H groups in total. The van der Waals surface area contributed by atoms with E-state index in [1.54, 1.807) is 30.5 Å². The summed E-state index contributed by atoms with van der Waals surface area (Å²) in [5.41, 5.74) is 0.509. The van der Waals surface area contributed by atoms with Crippen molar-refractivity contribution < 1.29 is 9.59 Å². The third-order valence-electron chi connectivity index (χ3n) is 3.40. The second-order valence-corrected chi connectivity index (χ2v) is 6.28. The number of rotatable bonds is 6. The predicted molar refractivity (Wildman–Crippen MR) is 98.0 cm³/mol. The highest BCUT2D eigenvalue weighted by Gasteiger charge is 2.15. The minimum absolute atomic E-state index is 0.0308. The van der Waals surface area contributed by atoms with Gasteiger partial charge < -0.3 is 15.2 Å². The maximum absolute atomic E-state index is 12.2. The van der Waals surface area contributed by atoms with Crippen molar-refractivity contribution >= 4 is 29.1 Å². The smallest absolute Gasteiger partial charge is 0.253 e. The van der Waals surface area contributed by atoms with Crippen molar-refractivity contribution in [2.45, 2.75) is 32.9 Å². The minimum Gasteiger partial charge on any atom is -0.350 e. The molecule has 2 rings (SSSR count). The number of halogens is 1. The molecule has 0 atom stereocenters. The molecule has 0 saturated heterocycles. The Hall–Kier alpha value is -2.60. The van der Waals surface area contributed by atoms with Gasteiger partial charge >= 0.3 is 0 Å². The van der Waals surface area contributed by atoms with E-state index in [9.17, 15) is 14.4 Å². The van der Waals surface area contributed by atoms with E-state index in [0.717, 1.165) is 0 Å². The topological polar surface area (TPSA) is 80.2 Å². The fraction of sp³-hybridized carbons (Fsp3) is 0.278. The van der Waals surface area contributed by atoms with Gasteiger partial charge in [0.2, 0.25) is 5.91 Å². The van der Waals surface area contributed by atoms with Crippen LogP contribution in [0, 0.1) is 0 Å². The molecule has 132 valence electrons. The molecule has 1 aromatic heterocycles. The minimum atomic E-state index is -0.309. The zero-order valence-electron chi connectivity index (χ0n) is 14.1. The standard InChI is InChI=1S/C18H20ClN3O3/c1-12(2)20-18(25)14-7-6-13(19)11-15(14)21-16(23)8-10-22-9-4-3-5-17(22)24/h3-7,9,11-12H,8,10H2,1-2H3,(H,20,25)(H,21,23). The Morgan fingerprint density at radius 2 is 1.96 bits per heavy atom. The summed E-state index contributed by atoms with van der Waals surface area (Å²) in [6, 6.07) is 9.46. The van der Waals surface area contributed by atoms with Crippen molar-refractivity contribution in [3.05, 3.63) is 63.5 Å². The molecule has 0 radical (unpaired) electrons. The molecule has 2 aromatic rings. The van der Waals surface area contributed by atoms with E-state index in [0.29, 0.717) is 16.3 Å². The largest absolute Gasteiger partial charge is 0.350 e. The Kier molecular flexibility index (Phi) is 6.36. The number of amides is 2. The zero-order chi connectivity index (χ0) is 18.4. The molecule has 0 unspecified atom stereocenters. The molecule has 0 aliphatic heterocycles. The molecular weight excluding hydrogens is 342 g/mol. The number of pyridine rings is 1. The van der Waals surface area contributed by atoms with Gasteiger partial charge in [0, 0.05) is 36.3 Å². The lowest BCUT2D eigenvalue weighted by atomic mass is 10.1. The third-order valence-corrected chi connectivity index (χ3v) is 3.63. The molecule has 1 heterocycles. The fourth-order valence-electron chi connectivity index (χ4n) is 2.24. The Morgan fingerprint density at radius 3 is 2.64 bits per heavy atom. The molecule has 0 aliphatic rings. The maximum Gasteiger partial charge on any atom is 0.253 e. The monoisotopic (exact) mass is 361 g/mol. The maximum atomic E-state index is 12.2. The van der Waals surface area contributed by atoms with Crippen LogP contribution < -0.4 is 16.2 Å². The van der Waals surface area contributed by atoms with E-state index < -0.39 is 0 Å². The van der Waals surface area contributed by atoms with Gasteiger partial charge in [0.25, 0.3) is 11.5 Å². The highest BCUT2D eigenvalue weighted by atomic mass is 35.5. The van der Waals surface area contributed by atoms with Gasteiger partial charge in [-0.1, -0.05) is 17.7 Å². The van der Waals surface area contributed by atoms with Crippen molar-refractivity contribution in [1.82, 2.24) is 9.88 Å². The number of anilines is 1. The number of nitrogens with one attached hydrogen (secondary N) is 2. The third kappa shape index (κ3) is 5.46. The number of carbonyl (C=O) groups is 2. The van der Waals surface area contributed by atoms with Crippen molar-refractivity contribution in [2.24, 2.45) is 0 Å². The first-order chi connectivity index (χ1) is 11.9. The van der Waals surface area contributed by atoms with Crippen molar-refractivity contribution in [1.29, 1.82) is 0 Å². The number of hydrogen-bond donors (Lipinski definition) is 2. The van der Waals surface area contributed by atoms with Crippen molar-refractivity contribution in [3.8, 4) is 0 Å². The molecule has 0 bridgehead atoms. The summed E-state index contributed by atoms with van der Waals surface area (Å²) in [5, 5.41) is 5.89. The van der Waals surface area contributed by atoms with E-state index in [1.807, 2.05) is 13.8 Å². The van der Waals surface area contributed by atoms with Crippen LogP contribution in [0.15, 0.2) is 47.4 Å². The lowest BCUT2D eigenvalue weighted by molar-refractivity contribution is -0.116. The van der Waals surface area contributed by atoms with E-state index in [-0.39, 0.29) is 36.4 Å². The number of benzene rings is 1. The molecule has 6 nitrogen and oxygen atoms in total. The van der Waals surface area contributed by atoms with Crippen molar-refractivity contribution in [2.75, 3.05) is 5.32 Å². The molecule has 7 heteroatoms. The predicted octanol–water partition coefficient (Wildman–Crippen LogP) is 2.67. The summed E-state index contributed by atoms with van der Waals surface area (Å²) in [7, 11) is 0. The van der Waals surface area contributed by atoms with Gasteiger partial charge in [-0.15, -0.1) is 0 Å². The fourth-order valence-corrected chi connectivity index (χ4v) is 2.41. The molecule has 0 spiro atoms. The Balaban J connectivity index is 2.09. The molecule has 0 fully saturated rings. The number of nitrogens with zero attached hydrogens (tertiary/aromatic N) is 1. The van der Waals surface area contributed by atoms with E-state index in [4.69, 9.17) is 11.6 Å². The molecule has 2 amide bonds. The number of aromatic nitrogens is 1. The van der Waals surface area contributed by atoms with Gasteiger partial charge in [-0.3, -0.25) is 14.4 Å². The Labute approximate surface area is 150 Å². The van der Waals surface area contributed by atoms with E-state index >= 15 is 0 Å². The average molecular weight is 362 g/mol. The second kappa shape index (κ2) is 8.48. The second-order valence-electron chi connectivity index (χ2n) is 5.85. The molecule has 0 aliphatic carbocycles. The lowest BCUT2D eigenvalue weighted by Crippen LogP contribution is -2.31. The number of aryl methyl sites for hydroxylation is 1. The van der Waals surface area contributed by atoms with E-state index in [2.05, 4.69) is 10.6 Å². The van der Waals surface area contributed by atoms with Crippen LogP contribution in [0.1, 0.15) is 30.6 Å². The van der Waals surface area contributed by atoms with E-state index in [1.165, 1.54) is 16.7 Å². The summed E-state index contributed by atoms with van der Waals surface area (Å²) < 4.78 is 1.45. The van der Waals surface area contributed by atoms with Crippen LogP contribution in [-0.4, -0.2) is 22.4 Å². The highest BCUT2D eigenvalue weighted by Crippen LogP contribution is 2.21. The quantitative estimate of drug-likeness (QED) is 0.830. The SMILES string of the molecule is CC(C)NC(=O)c1ccc(Cl)cc1NC(=O)CCn1ccccc1=O. The Bertz CT molecular complexity index is 830. The van der Waals surface area contributed by atoms with Gasteiger partial charge in [0.05, 0.1) is 11.3 Å². The van der Waals surface area contributed by atoms with Crippen LogP contribution in [0.4, 0.5) is 5.69 Å².